The predicted octanol–water partition coefficient (Wildman–Crippen LogP) is 14.7. The Balaban J connectivity index is 1.31. The molecule has 0 spiro atoms. The molecule has 3 heterocycles. The van der Waals surface area contributed by atoms with Gasteiger partial charge in [0, 0.05) is 6.42 Å². The van der Waals surface area contributed by atoms with Crippen molar-refractivity contribution in [3.05, 3.63) is 36.5 Å². The van der Waals surface area contributed by atoms with E-state index in [4.69, 9.17) is 28.4 Å². The molecule has 17 unspecified atom stereocenters. The molecule has 19 heteroatoms. The molecule has 3 aliphatic heterocycles. The molecule has 12 N–H and O–H groups in total. The molecule has 102 heavy (non-hydrogen) atoms. The minimum absolute atomic E-state index is 0.235. The van der Waals surface area contributed by atoms with E-state index in [0.717, 1.165) is 57.8 Å². The van der Waals surface area contributed by atoms with Crippen LogP contribution < -0.4 is 5.32 Å². The Morgan fingerprint density at radius 3 is 1.01 bits per heavy atom. The highest BCUT2D eigenvalue weighted by Crippen LogP contribution is 2.33. The van der Waals surface area contributed by atoms with Crippen molar-refractivity contribution in [3.8, 4) is 0 Å². The summed E-state index contributed by atoms with van der Waals surface area (Å²) in [5.74, 6) is -0.235. The number of amides is 1. The number of rotatable bonds is 68. The molecule has 0 aromatic heterocycles. The molecule has 3 rings (SSSR count). The van der Waals surface area contributed by atoms with E-state index in [-0.39, 0.29) is 18.9 Å². The summed E-state index contributed by atoms with van der Waals surface area (Å²) >= 11 is 0. The van der Waals surface area contributed by atoms with Crippen LogP contribution in [0.2, 0.25) is 0 Å². The minimum Gasteiger partial charge on any atom is -0.394 e. The largest absolute Gasteiger partial charge is 0.394 e. The van der Waals surface area contributed by atoms with Gasteiger partial charge in [-0.2, -0.15) is 0 Å². The van der Waals surface area contributed by atoms with Gasteiger partial charge in [-0.15, -0.1) is 0 Å². The van der Waals surface area contributed by atoms with Gasteiger partial charge in [-0.25, -0.2) is 0 Å². The number of carbonyl (C=O) groups excluding carboxylic acids is 1. The van der Waals surface area contributed by atoms with Crippen molar-refractivity contribution < 1.29 is 89.4 Å². The summed E-state index contributed by atoms with van der Waals surface area (Å²) in [6.07, 6.45) is 52.4. The number of aliphatic hydroxyl groups is 11. The molecule has 3 fully saturated rings. The number of hydrogen-bond acceptors (Lipinski definition) is 18. The van der Waals surface area contributed by atoms with Gasteiger partial charge >= 0.3 is 0 Å². The van der Waals surface area contributed by atoms with Gasteiger partial charge in [0.25, 0.3) is 0 Å². The van der Waals surface area contributed by atoms with Crippen LogP contribution in [0.5, 0.6) is 0 Å². The summed E-state index contributed by atoms with van der Waals surface area (Å²) in [7, 11) is 0. The van der Waals surface area contributed by atoms with E-state index in [1.54, 1.807) is 0 Å². The number of hydrogen-bond donors (Lipinski definition) is 12. The number of carbonyl (C=O) groups is 1. The maximum absolute atomic E-state index is 13.5. The summed E-state index contributed by atoms with van der Waals surface area (Å²) in [5.41, 5.74) is 0. The highest BCUT2D eigenvalue weighted by molar-refractivity contribution is 5.76. The van der Waals surface area contributed by atoms with Crippen molar-refractivity contribution >= 4 is 5.91 Å². The van der Waals surface area contributed by atoms with Gasteiger partial charge in [0.15, 0.2) is 18.9 Å². The maximum Gasteiger partial charge on any atom is 0.220 e. The van der Waals surface area contributed by atoms with E-state index in [9.17, 15) is 61.0 Å². The molecule has 1 amide bonds. The van der Waals surface area contributed by atoms with Crippen LogP contribution in [0.3, 0.4) is 0 Å². The second kappa shape index (κ2) is 63.9. The number of aliphatic hydroxyl groups excluding tert-OH is 11. The van der Waals surface area contributed by atoms with Crippen LogP contribution in [0.25, 0.3) is 0 Å². The van der Waals surface area contributed by atoms with Crippen molar-refractivity contribution in [2.75, 3.05) is 26.4 Å². The molecule has 17 atom stereocenters. The predicted molar refractivity (Wildman–Crippen MR) is 406 cm³/mol. The van der Waals surface area contributed by atoms with E-state index >= 15 is 0 Å². The van der Waals surface area contributed by atoms with Gasteiger partial charge in [0.2, 0.25) is 5.91 Å². The fraction of sp³-hybridized carbons (Fsp3) is 0.916. The monoisotopic (exact) mass is 1450 g/mol. The Kier molecular flexibility index (Phi) is 59.0. The third-order valence-corrected chi connectivity index (χ3v) is 21.2. The van der Waals surface area contributed by atoms with E-state index < -0.39 is 124 Å². The number of ether oxygens (including phenoxy) is 6. The topological polar surface area (TPSA) is 307 Å². The number of unbranched alkanes of at least 4 members (excludes halogenated alkanes) is 46. The Labute approximate surface area is 619 Å². The van der Waals surface area contributed by atoms with Crippen molar-refractivity contribution in [1.82, 2.24) is 5.32 Å². The van der Waals surface area contributed by atoms with E-state index in [2.05, 4.69) is 55.6 Å². The summed E-state index contributed by atoms with van der Waals surface area (Å²) < 4.78 is 34.5. The highest BCUT2D eigenvalue weighted by atomic mass is 16.8. The zero-order valence-corrected chi connectivity index (χ0v) is 64.4. The SMILES string of the molecule is CCCCCCC/C=C\C/C=C\C/C=C\CCCCCCCCCCCCCCCCCCCCCCCCC(=O)NC(COC1OC(CO)C(OC2OC(CO)C(OC3OC(CO)C(O)C(O)C3O)C(O)C2O)C(O)C1O)C(O)CCCCCCCCCCCCCCCCCCCCCC. The third kappa shape index (κ3) is 43.3. The number of nitrogens with one attached hydrogen (secondary N) is 1. The lowest BCUT2D eigenvalue weighted by atomic mass is 9.96. The quantitative estimate of drug-likeness (QED) is 0.0199. The van der Waals surface area contributed by atoms with Gasteiger partial charge in [0.05, 0.1) is 38.6 Å². The average Bonchev–Trinajstić information content (AvgIpc) is 0.778. The lowest BCUT2D eigenvalue weighted by Crippen LogP contribution is -2.66. The molecular formula is C83H155NO18. The lowest BCUT2D eigenvalue weighted by molar-refractivity contribution is -0.379. The standard InChI is InChI=1S/C83H155NO18/c1-3-5-7-9-11-13-15-17-19-21-23-25-26-27-28-29-30-31-32-33-34-35-36-37-38-39-40-41-43-45-47-49-51-53-55-57-59-61-71(89)84-66(67(88)60-58-56-54-52-50-48-46-44-42-24-22-20-18-16-14-12-10-8-6-4-2)65-97-81-77(95)74(92)79(69(63-86)99-81)102-83-78(96)75(93)80(70(64-87)100-83)101-82-76(94)73(91)72(90)68(62-85)98-82/h15,17,21,23,26-27,66-70,72-83,85-88,90-96H,3-14,16,18-20,22,24-25,28-65H2,1-2H3,(H,84,89)/b17-15-,23-21-,27-26-. The van der Waals surface area contributed by atoms with Crippen molar-refractivity contribution in [2.24, 2.45) is 0 Å². The molecule has 3 saturated heterocycles. The average molecular weight is 1460 g/mol. The molecule has 0 saturated carbocycles. The molecule has 0 radical (unpaired) electrons. The molecule has 0 aromatic rings. The molecule has 0 aliphatic carbocycles. The molecular weight excluding hydrogens is 1300 g/mol. The Morgan fingerprint density at radius 1 is 0.353 bits per heavy atom. The van der Waals surface area contributed by atoms with Gasteiger partial charge in [-0.05, 0) is 51.4 Å². The Hall–Kier alpha value is -1.99. The molecule has 19 nitrogen and oxygen atoms in total. The zero-order valence-electron chi connectivity index (χ0n) is 64.4. The Bertz CT molecular complexity index is 1980. The summed E-state index contributed by atoms with van der Waals surface area (Å²) in [6, 6.07) is -0.886. The summed E-state index contributed by atoms with van der Waals surface area (Å²) in [4.78, 5) is 13.5. The van der Waals surface area contributed by atoms with Crippen LogP contribution in [0.15, 0.2) is 36.5 Å². The lowest BCUT2D eigenvalue weighted by Gasteiger charge is -2.48. The Morgan fingerprint density at radius 2 is 0.647 bits per heavy atom. The van der Waals surface area contributed by atoms with Gasteiger partial charge in [0.1, 0.15) is 73.2 Å². The molecule has 600 valence electrons. The first-order valence-electron chi connectivity index (χ1n) is 42.2. The van der Waals surface area contributed by atoms with Crippen molar-refractivity contribution in [2.45, 2.75) is 458 Å². The second-order valence-corrected chi connectivity index (χ2v) is 30.3. The first kappa shape index (κ1) is 94.2. The van der Waals surface area contributed by atoms with E-state index in [1.807, 2.05) is 0 Å². The van der Waals surface area contributed by atoms with Crippen LogP contribution in [-0.2, 0) is 33.2 Å². The van der Waals surface area contributed by atoms with Crippen molar-refractivity contribution in [3.63, 3.8) is 0 Å². The summed E-state index contributed by atoms with van der Waals surface area (Å²) in [5, 5.41) is 121. The van der Waals surface area contributed by atoms with Crippen LogP contribution in [0.4, 0.5) is 0 Å². The minimum atomic E-state index is -1.97. The third-order valence-electron chi connectivity index (χ3n) is 21.2. The molecule has 0 aromatic carbocycles. The fourth-order valence-electron chi connectivity index (χ4n) is 14.4. The van der Waals surface area contributed by atoms with Crippen LogP contribution in [-0.4, -0.2) is 193 Å². The van der Waals surface area contributed by atoms with Crippen LogP contribution in [0, 0.1) is 0 Å². The van der Waals surface area contributed by atoms with Gasteiger partial charge in [-0.3, -0.25) is 4.79 Å². The second-order valence-electron chi connectivity index (χ2n) is 30.3. The summed E-state index contributed by atoms with van der Waals surface area (Å²) in [6.45, 7) is 1.84. The first-order chi connectivity index (χ1) is 49.8. The van der Waals surface area contributed by atoms with E-state index in [1.165, 1.54) is 263 Å². The molecule has 0 bridgehead atoms. The van der Waals surface area contributed by atoms with Gasteiger partial charge in [-0.1, -0.05) is 333 Å². The first-order valence-corrected chi connectivity index (χ1v) is 42.2. The van der Waals surface area contributed by atoms with Crippen LogP contribution >= 0.6 is 0 Å². The number of allylic oxidation sites excluding steroid dienone is 6. The van der Waals surface area contributed by atoms with Crippen molar-refractivity contribution in [1.29, 1.82) is 0 Å². The smallest absolute Gasteiger partial charge is 0.220 e. The fourth-order valence-corrected chi connectivity index (χ4v) is 14.4. The van der Waals surface area contributed by atoms with Gasteiger partial charge < -0.3 is 89.9 Å². The van der Waals surface area contributed by atoms with E-state index in [0.29, 0.717) is 12.8 Å². The van der Waals surface area contributed by atoms with Crippen LogP contribution in [0.1, 0.15) is 354 Å². The normalized spacial score (nSPS) is 26.3. The highest BCUT2D eigenvalue weighted by Gasteiger charge is 2.54. The maximum atomic E-state index is 13.5. The molecule has 3 aliphatic rings. The zero-order chi connectivity index (χ0) is 73.9.